The van der Waals surface area contributed by atoms with Crippen molar-refractivity contribution in [2.24, 2.45) is 0 Å². The normalized spacial score (nSPS) is 16.4. The van der Waals surface area contributed by atoms with E-state index in [0.717, 1.165) is 39.1 Å². The molecule has 0 aromatic carbocycles. The lowest BCUT2D eigenvalue weighted by molar-refractivity contribution is 0.0948. The molecule has 7 heteroatoms. The number of carbonyl (C=O) groups is 1. The molecular formula is C17H24N4O2S. The summed E-state index contributed by atoms with van der Waals surface area (Å²) < 4.78 is 5.45. The van der Waals surface area contributed by atoms with Crippen LogP contribution in [0.25, 0.3) is 0 Å². The molecule has 24 heavy (non-hydrogen) atoms. The molecule has 0 saturated carbocycles. The summed E-state index contributed by atoms with van der Waals surface area (Å²) in [6.07, 6.45) is 2.36. The highest BCUT2D eigenvalue weighted by Crippen LogP contribution is 2.13. The van der Waals surface area contributed by atoms with Crippen LogP contribution in [0.15, 0.2) is 27.5 Å². The van der Waals surface area contributed by atoms with Crippen LogP contribution in [0, 0.1) is 0 Å². The van der Waals surface area contributed by atoms with Crippen molar-refractivity contribution in [3.8, 4) is 0 Å². The molecule has 0 bridgehead atoms. The van der Waals surface area contributed by atoms with E-state index in [1.807, 2.05) is 6.92 Å². The van der Waals surface area contributed by atoms with Gasteiger partial charge in [0.15, 0.2) is 5.69 Å². The summed E-state index contributed by atoms with van der Waals surface area (Å²) in [6.45, 7) is 8.43. The van der Waals surface area contributed by atoms with Crippen molar-refractivity contribution in [2.45, 2.75) is 26.4 Å². The van der Waals surface area contributed by atoms with Crippen molar-refractivity contribution in [1.82, 2.24) is 20.1 Å². The summed E-state index contributed by atoms with van der Waals surface area (Å²) in [5.74, 6) is 0.454. The molecule has 0 aliphatic carbocycles. The Hall–Kier alpha value is -1.70. The average molecular weight is 348 g/mol. The lowest BCUT2D eigenvalue weighted by Gasteiger charge is -2.33. The van der Waals surface area contributed by atoms with Gasteiger partial charge in [-0.25, -0.2) is 4.98 Å². The third-order valence-electron chi connectivity index (χ3n) is 4.13. The number of amides is 1. The van der Waals surface area contributed by atoms with Crippen molar-refractivity contribution in [2.75, 3.05) is 32.7 Å². The zero-order valence-corrected chi connectivity index (χ0v) is 14.8. The van der Waals surface area contributed by atoms with E-state index in [4.69, 9.17) is 4.42 Å². The third kappa shape index (κ3) is 4.66. The standard InChI is InChI=1S/C17H24N4O2S/c1-2-4-18-17(22)15-12-23-16(19-15)11-21-7-5-20(6-8-21)10-14-3-9-24-13-14/h3,9,12-13H,2,4-8,10-11H2,1H3,(H,18,22). The Morgan fingerprint density at radius 3 is 2.71 bits per heavy atom. The van der Waals surface area contributed by atoms with Crippen molar-refractivity contribution >= 4 is 17.2 Å². The molecule has 0 atom stereocenters. The molecular weight excluding hydrogens is 324 g/mol. The Labute approximate surface area is 146 Å². The maximum atomic E-state index is 11.9. The quantitative estimate of drug-likeness (QED) is 0.831. The van der Waals surface area contributed by atoms with Gasteiger partial charge < -0.3 is 9.73 Å². The number of oxazole rings is 1. The first-order valence-electron chi connectivity index (χ1n) is 8.43. The van der Waals surface area contributed by atoms with E-state index in [-0.39, 0.29) is 5.91 Å². The minimum atomic E-state index is -0.160. The molecule has 1 amide bonds. The number of thiophene rings is 1. The number of rotatable bonds is 7. The Morgan fingerprint density at radius 2 is 2.04 bits per heavy atom. The van der Waals surface area contributed by atoms with E-state index in [9.17, 15) is 4.79 Å². The molecule has 0 radical (unpaired) electrons. The van der Waals surface area contributed by atoms with Crippen LogP contribution in [-0.4, -0.2) is 53.4 Å². The molecule has 130 valence electrons. The molecule has 1 aliphatic rings. The number of hydrogen-bond acceptors (Lipinski definition) is 6. The van der Waals surface area contributed by atoms with Crippen LogP contribution in [0.3, 0.4) is 0 Å². The monoisotopic (exact) mass is 348 g/mol. The van der Waals surface area contributed by atoms with Crippen LogP contribution in [-0.2, 0) is 13.1 Å². The average Bonchev–Trinajstić information content (AvgIpc) is 3.26. The van der Waals surface area contributed by atoms with Gasteiger partial charge in [0.25, 0.3) is 5.91 Å². The zero-order chi connectivity index (χ0) is 16.8. The number of piperazine rings is 1. The van der Waals surface area contributed by atoms with E-state index in [1.165, 1.54) is 11.8 Å². The Kier molecular flexibility index (Phi) is 6.01. The van der Waals surface area contributed by atoms with Crippen LogP contribution < -0.4 is 5.32 Å². The predicted molar refractivity (Wildman–Crippen MR) is 94.0 cm³/mol. The van der Waals surface area contributed by atoms with Gasteiger partial charge in [0, 0.05) is 39.3 Å². The molecule has 1 fully saturated rings. The first-order valence-corrected chi connectivity index (χ1v) is 9.37. The first kappa shape index (κ1) is 17.1. The molecule has 0 unspecified atom stereocenters. The van der Waals surface area contributed by atoms with Gasteiger partial charge in [-0.1, -0.05) is 6.92 Å². The fourth-order valence-electron chi connectivity index (χ4n) is 2.75. The highest BCUT2D eigenvalue weighted by Gasteiger charge is 2.19. The lowest BCUT2D eigenvalue weighted by atomic mass is 10.2. The molecule has 1 N–H and O–H groups in total. The van der Waals surface area contributed by atoms with E-state index in [2.05, 4.69) is 36.9 Å². The lowest BCUT2D eigenvalue weighted by Crippen LogP contribution is -2.45. The minimum absolute atomic E-state index is 0.160. The molecule has 2 aromatic heterocycles. The van der Waals surface area contributed by atoms with E-state index in [0.29, 0.717) is 24.7 Å². The van der Waals surface area contributed by atoms with Crippen molar-refractivity contribution in [3.63, 3.8) is 0 Å². The van der Waals surface area contributed by atoms with Crippen molar-refractivity contribution in [1.29, 1.82) is 0 Å². The van der Waals surface area contributed by atoms with Gasteiger partial charge in [0.1, 0.15) is 6.26 Å². The van der Waals surface area contributed by atoms with Crippen LogP contribution in [0.2, 0.25) is 0 Å². The maximum Gasteiger partial charge on any atom is 0.273 e. The fourth-order valence-corrected chi connectivity index (χ4v) is 3.41. The van der Waals surface area contributed by atoms with Gasteiger partial charge in [0.05, 0.1) is 6.54 Å². The number of aromatic nitrogens is 1. The topological polar surface area (TPSA) is 61.6 Å². The van der Waals surface area contributed by atoms with Crippen LogP contribution >= 0.6 is 11.3 Å². The van der Waals surface area contributed by atoms with Gasteiger partial charge >= 0.3 is 0 Å². The summed E-state index contributed by atoms with van der Waals surface area (Å²) in [5.41, 5.74) is 1.76. The van der Waals surface area contributed by atoms with E-state index >= 15 is 0 Å². The summed E-state index contributed by atoms with van der Waals surface area (Å²) >= 11 is 1.75. The second-order valence-electron chi connectivity index (χ2n) is 6.07. The number of carbonyl (C=O) groups excluding carboxylic acids is 1. The zero-order valence-electron chi connectivity index (χ0n) is 14.0. The summed E-state index contributed by atoms with van der Waals surface area (Å²) in [5, 5.41) is 7.15. The van der Waals surface area contributed by atoms with Crippen LogP contribution in [0.5, 0.6) is 0 Å². The number of hydrogen-bond donors (Lipinski definition) is 1. The molecule has 1 saturated heterocycles. The second kappa shape index (κ2) is 8.41. The van der Waals surface area contributed by atoms with Crippen LogP contribution in [0.1, 0.15) is 35.3 Å². The summed E-state index contributed by atoms with van der Waals surface area (Å²) in [4.78, 5) is 20.9. The van der Waals surface area contributed by atoms with Crippen LogP contribution in [0.4, 0.5) is 0 Å². The third-order valence-corrected chi connectivity index (χ3v) is 4.86. The molecule has 1 aliphatic heterocycles. The number of nitrogens with one attached hydrogen (secondary N) is 1. The highest BCUT2D eigenvalue weighted by atomic mass is 32.1. The number of nitrogens with zero attached hydrogens (tertiary/aromatic N) is 3. The fraction of sp³-hybridized carbons (Fsp3) is 0.529. The Bertz CT molecular complexity index is 633. The van der Waals surface area contributed by atoms with Gasteiger partial charge in [-0.15, -0.1) is 0 Å². The SMILES string of the molecule is CCCNC(=O)c1coc(CN2CCN(Cc3ccsc3)CC2)n1. The highest BCUT2D eigenvalue weighted by molar-refractivity contribution is 7.07. The summed E-state index contributed by atoms with van der Waals surface area (Å²) in [6, 6.07) is 2.19. The Morgan fingerprint density at radius 1 is 1.29 bits per heavy atom. The molecule has 2 aromatic rings. The van der Waals surface area contributed by atoms with Gasteiger partial charge in [-0.3, -0.25) is 14.6 Å². The minimum Gasteiger partial charge on any atom is -0.447 e. The van der Waals surface area contributed by atoms with Gasteiger partial charge in [-0.05, 0) is 28.8 Å². The Balaban J connectivity index is 1.44. The molecule has 0 spiro atoms. The van der Waals surface area contributed by atoms with E-state index in [1.54, 1.807) is 11.3 Å². The predicted octanol–water partition coefficient (Wildman–Crippen LogP) is 2.19. The second-order valence-corrected chi connectivity index (χ2v) is 6.85. The largest absolute Gasteiger partial charge is 0.447 e. The van der Waals surface area contributed by atoms with Crippen molar-refractivity contribution in [3.05, 3.63) is 40.2 Å². The maximum absolute atomic E-state index is 11.9. The van der Waals surface area contributed by atoms with E-state index < -0.39 is 0 Å². The van der Waals surface area contributed by atoms with Gasteiger partial charge in [0.2, 0.25) is 5.89 Å². The molecule has 3 rings (SSSR count). The van der Waals surface area contributed by atoms with Crippen molar-refractivity contribution < 1.29 is 9.21 Å². The summed E-state index contributed by atoms with van der Waals surface area (Å²) in [7, 11) is 0. The van der Waals surface area contributed by atoms with Gasteiger partial charge in [-0.2, -0.15) is 11.3 Å². The molecule has 3 heterocycles. The smallest absolute Gasteiger partial charge is 0.273 e. The molecule has 6 nitrogen and oxygen atoms in total. The first-order chi connectivity index (χ1) is 11.7.